The van der Waals surface area contributed by atoms with Crippen LogP contribution in [0.5, 0.6) is 5.75 Å². The standard InChI is InChI=1S/C26H35ClOS/c1-3-4-5-6-17-28-24-14-9-21(10-15-24)19-29-26-16-13-23(18-25(26)27)22-11-7-20(2)8-12-22/h9-10,13-16,18,20,22H,3-8,11-12,17,19H2,1-2H3. The van der Waals surface area contributed by atoms with Crippen LogP contribution in [0, 0.1) is 5.92 Å². The van der Waals surface area contributed by atoms with Crippen molar-refractivity contribution in [2.75, 3.05) is 6.61 Å². The highest BCUT2D eigenvalue weighted by Crippen LogP contribution is 2.38. The third-order valence-electron chi connectivity index (χ3n) is 6.03. The Morgan fingerprint density at radius 3 is 2.41 bits per heavy atom. The van der Waals surface area contributed by atoms with Crippen molar-refractivity contribution in [2.45, 2.75) is 81.8 Å². The van der Waals surface area contributed by atoms with E-state index in [4.69, 9.17) is 16.3 Å². The van der Waals surface area contributed by atoms with Gasteiger partial charge in [0.05, 0.1) is 11.6 Å². The molecule has 0 saturated heterocycles. The first-order chi connectivity index (χ1) is 14.2. The third kappa shape index (κ3) is 7.26. The van der Waals surface area contributed by atoms with Gasteiger partial charge in [-0.1, -0.05) is 75.8 Å². The summed E-state index contributed by atoms with van der Waals surface area (Å²) in [6, 6.07) is 15.2. The van der Waals surface area contributed by atoms with Gasteiger partial charge in [-0.2, -0.15) is 0 Å². The first-order valence-electron chi connectivity index (χ1n) is 11.3. The van der Waals surface area contributed by atoms with Gasteiger partial charge in [-0.05, 0) is 66.5 Å². The summed E-state index contributed by atoms with van der Waals surface area (Å²) in [4.78, 5) is 1.18. The van der Waals surface area contributed by atoms with E-state index in [1.807, 2.05) is 11.8 Å². The zero-order valence-electron chi connectivity index (χ0n) is 18.0. The van der Waals surface area contributed by atoms with E-state index in [2.05, 4.69) is 56.3 Å². The highest BCUT2D eigenvalue weighted by atomic mass is 35.5. The lowest BCUT2D eigenvalue weighted by molar-refractivity contribution is 0.305. The van der Waals surface area contributed by atoms with Crippen LogP contribution in [0.25, 0.3) is 0 Å². The Balaban J connectivity index is 1.47. The second-order valence-corrected chi connectivity index (χ2v) is 9.91. The Hall–Kier alpha value is -1.12. The van der Waals surface area contributed by atoms with Crippen LogP contribution in [-0.2, 0) is 5.75 Å². The normalized spacial score (nSPS) is 19.3. The molecule has 158 valence electrons. The van der Waals surface area contributed by atoms with Crippen LogP contribution in [0.2, 0.25) is 5.02 Å². The number of rotatable bonds is 10. The van der Waals surface area contributed by atoms with Gasteiger partial charge in [0.25, 0.3) is 0 Å². The molecule has 1 aliphatic carbocycles. The lowest BCUT2D eigenvalue weighted by atomic mass is 9.79. The number of hydrogen-bond acceptors (Lipinski definition) is 2. The molecule has 3 rings (SSSR count). The number of ether oxygens (including phenoxy) is 1. The number of unbranched alkanes of at least 4 members (excludes halogenated alkanes) is 3. The van der Waals surface area contributed by atoms with Gasteiger partial charge in [0, 0.05) is 10.6 Å². The summed E-state index contributed by atoms with van der Waals surface area (Å²) in [6.45, 7) is 5.42. The predicted molar refractivity (Wildman–Crippen MR) is 127 cm³/mol. The Bertz CT molecular complexity index is 735. The monoisotopic (exact) mass is 430 g/mol. The largest absolute Gasteiger partial charge is 0.494 e. The fourth-order valence-corrected chi connectivity index (χ4v) is 5.27. The summed E-state index contributed by atoms with van der Waals surface area (Å²) in [7, 11) is 0. The maximum Gasteiger partial charge on any atom is 0.119 e. The maximum atomic E-state index is 6.62. The van der Waals surface area contributed by atoms with Crippen LogP contribution in [0.15, 0.2) is 47.4 Å². The molecule has 0 N–H and O–H groups in total. The molecule has 0 radical (unpaired) electrons. The van der Waals surface area contributed by atoms with Gasteiger partial charge in [-0.3, -0.25) is 0 Å². The fourth-order valence-electron chi connectivity index (χ4n) is 4.04. The average molecular weight is 431 g/mol. The second-order valence-electron chi connectivity index (χ2n) is 8.49. The average Bonchev–Trinajstić information content (AvgIpc) is 2.74. The van der Waals surface area contributed by atoms with Gasteiger partial charge in [0.2, 0.25) is 0 Å². The zero-order chi connectivity index (χ0) is 20.5. The Morgan fingerprint density at radius 1 is 0.966 bits per heavy atom. The van der Waals surface area contributed by atoms with Crippen LogP contribution in [0.1, 0.15) is 82.3 Å². The summed E-state index contributed by atoms with van der Waals surface area (Å²) in [5, 5.41) is 0.901. The van der Waals surface area contributed by atoms with Gasteiger partial charge in [0.1, 0.15) is 5.75 Å². The minimum atomic E-state index is 0.692. The first kappa shape index (κ1) is 22.6. The van der Waals surface area contributed by atoms with Crippen molar-refractivity contribution in [1.29, 1.82) is 0 Å². The van der Waals surface area contributed by atoms with Crippen LogP contribution in [0.4, 0.5) is 0 Å². The zero-order valence-corrected chi connectivity index (χ0v) is 19.5. The lowest BCUT2D eigenvalue weighted by Gasteiger charge is -2.26. The third-order valence-corrected chi connectivity index (χ3v) is 7.60. The Morgan fingerprint density at radius 2 is 1.72 bits per heavy atom. The molecule has 0 heterocycles. The molecule has 1 saturated carbocycles. The van der Waals surface area contributed by atoms with E-state index in [1.54, 1.807) is 0 Å². The molecular formula is C26H35ClOS. The predicted octanol–water partition coefficient (Wildman–Crippen LogP) is 8.89. The first-order valence-corrected chi connectivity index (χ1v) is 12.7. The number of hydrogen-bond donors (Lipinski definition) is 0. The molecular weight excluding hydrogens is 396 g/mol. The van der Waals surface area contributed by atoms with E-state index in [9.17, 15) is 0 Å². The molecule has 1 fully saturated rings. The van der Waals surface area contributed by atoms with Crippen molar-refractivity contribution in [2.24, 2.45) is 5.92 Å². The Labute approximate surface area is 186 Å². The molecule has 1 nitrogen and oxygen atoms in total. The fraction of sp³-hybridized carbons (Fsp3) is 0.538. The van der Waals surface area contributed by atoms with E-state index < -0.39 is 0 Å². The molecule has 0 bridgehead atoms. The van der Waals surface area contributed by atoms with E-state index in [0.717, 1.165) is 35.5 Å². The molecule has 29 heavy (non-hydrogen) atoms. The summed E-state index contributed by atoms with van der Waals surface area (Å²) in [6.07, 6.45) is 10.2. The SMILES string of the molecule is CCCCCCOc1ccc(CSc2ccc(C3CCC(C)CC3)cc2Cl)cc1. The maximum absolute atomic E-state index is 6.62. The van der Waals surface area contributed by atoms with Gasteiger partial charge in [0.15, 0.2) is 0 Å². The molecule has 0 spiro atoms. The molecule has 0 unspecified atom stereocenters. The van der Waals surface area contributed by atoms with E-state index >= 15 is 0 Å². The minimum Gasteiger partial charge on any atom is -0.494 e. The molecule has 2 aromatic rings. The second kappa shape index (κ2) is 11.9. The Kier molecular flexibility index (Phi) is 9.27. The lowest BCUT2D eigenvalue weighted by Crippen LogP contribution is -2.10. The topological polar surface area (TPSA) is 9.23 Å². The molecule has 2 aromatic carbocycles. The van der Waals surface area contributed by atoms with Crippen LogP contribution >= 0.6 is 23.4 Å². The van der Waals surface area contributed by atoms with Crippen molar-refractivity contribution in [3.05, 3.63) is 58.6 Å². The van der Waals surface area contributed by atoms with Crippen molar-refractivity contribution >= 4 is 23.4 Å². The number of thioether (sulfide) groups is 1. The van der Waals surface area contributed by atoms with Crippen molar-refractivity contribution in [3.8, 4) is 5.75 Å². The van der Waals surface area contributed by atoms with Crippen molar-refractivity contribution < 1.29 is 4.74 Å². The van der Waals surface area contributed by atoms with E-state index in [1.165, 1.54) is 61.0 Å². The van der Waals surface area contributed by atoms with Crippen LogP contribution < -0.4 is 4.74 Å². The summed E-state index contributed by atoms with van der Waals surface area (Å²) < 4.78 is 5.84. The van der Waals surface area contributed by atoms with Gasteiger partial charge in [-0.25, -0.2) is 0 Å². The quantitative estimate of drug-likeness (QED) is 0.275. The number of benzene rings is 2. The molecule has 0 atom stereocenters. The van der Waals surface area contributed by atoms with E-state index in [0.29, 0.717) is 5.92 Å². The highest BCUT2D eigenvalue weighted by Gasteiger charge is 2.20. The van der Waals surface area contributed by atoms with Crippen molar-refractivity contribution in [3.63, 3.8) is 0 Å². The molecule has 0 aliphatic heterocycles. The van der Waals surface area contributed by atoms with Crippen LogP contribution in [0.3, 0.4) is 0 Å². The summed E-state index contributed by atoms with van der Waals surface area (Å²) in [5.41, 5.74) is 2.72. The molecule has 0 aromatic heterocycles. The smallest absolute Gasteiger partial charge is 0.119 e. The van der Waals surface area contributed by atoms with Crippen molar-refractivity contribution in [1.82, 2.24) is 0 Å². The van der Waals surface area contributed by atoms with Gasteiger partial charge >= 0.3 is 0 Å². The number of halogens is 1. The summed E-state index contributed by atoms with van der Waals surface area (Å²) >= 11 is 8.44. The van der Waals surface area contributed by atoms with Gasteiger partial charge < -0.3 is 4.74 Å². The van der Waals surface area contributed by atoms with Gasteiger partial charge in [-0.15, -0.1) is 11.8 Å². The highest BCUT2D eigenvalue weighted by molar-refractivity contribution is 7.98. The van der Waals surface area contributed by atoms with Crippen LogP contribution in [-0.4, -0.2) is 6.61 Å². The molecule has 1 aliphatic rings. The summed E-state index contributed by atoms with van der Waals surface area (Å²) in [5.74, 6) is 3.47. The minimum absolute atomic E-state index is 0.692. The molecule has 3 heteroatoms. The molecule has 0 amide bonds. The van der Waals surface area contributed by atoms with E-state index in [-0.39, 0.29) is 0 Å².